The van der Waals surface area contributed by atoms with Gasteiger partial charge in [-0.1, -0.05) is 48.5 Å². The number of aliphatic hydroxyl groups excluding tert-OH is 1. The van der Waals surface area contributed by atoms with E-state index in [4.69, 9.17) is 0 Å². The van der Waals surface area contributed by atoms with E-state index in [1.54, 1.807) is 6.08 Å². The summed E-state index contributed by atoms with van der Waals surface area (Å²) in [6, 6.07) is 15.0. The Kier molecular flexibility index (Phi) is 5.23. The predicted octanol–water partition coefficient (Wildman–Crippen LogP) is 1.98. The molecule has 2 atom stereocenters. The number of hydrogen-bond donors (Lipinski definition) is 1. The summed E-state index contributed by atoms with van der Waals surface area (Å²) in [6.45, 7) is 4.66. The van der Waals surface area contributed by atoms with Crippen molar-refractivity contribution in [2.24, 2.45) is 0 Å². The Morgan fingerprint density at radius 1 is 1.17 bits per heavy atom. The number of likely N-dealkylation sites (tertiary alicyclic amines) is 1. The van der Waals surface area contributed by atoms with Crippen LogP contribution in [0.4, 0.5) is 5.69 Å². The monoisotopic (exact) mass is 429 g/mol. The van der Waals surface area contributed by atoms with E-state index in [0.717, 1.165) is 5.56 Å². The third-order valence-electron chi connectivity index (χ3n) is 6.19. The largest absolute Gasteiger partial charge is 0.395 e. The topological polar surface area (TPSA) is 104 Å². The molecule has 30 heavy (non-hydrogen) atoms. The molecule has 1 spiro atoms. The minimum Gasteiger partial charge on any atom is -0.395 e. The standard InChI is InChI=1S/C21H23N3O5S/c1-2-12-23-18(13-25)20(16-8-4-3-5-9-16)21(23)14-22(15-21)30(28,29)19-11-7-6-10-17(19)24(26)27/h2-11,18,20,25H,1,12-15H2/t18-,20-/m1/s1. The first kappa shape index (κ1) is 20.7. The molecule has 2 heterocycles. The number of benzene rings is 2. The maximum Gasteiger partial charge on any atom is 0.289 e. The zero-order valence-electron chi connectivity index (χ0n) is 16.3. The first-order valence-electron chi connectivity index (χ1n) is 9.64. The molecule has 2 aliphatic heterocycles. The second-order valence-electron chi connectivity index (χ2n) is 7.68. The summed E-state index contributed by atoms with van der Waals surface area (Å²) in [4.78, 5) is 12.4. The summed E-state index contributed by atoms with van der Waals surface area (Å²) in [5.41, 5.74) is 0.141. The highest BCUT2D eigenvalue weighted by Crippen LogP contribution is 2.54. The molecule has 2 aliphatic rings. The summed E-state index contributed by atoms with van der Waals surface area (Å²) in [5.74, 6) is -0.0409. The van der Waals surface area contributed by atoms with Crippen LogP contribution in [0.2, 0.25) is 0 Å². The van der Waals surface area contributed by atoms with E-state index in [0.29, 0.717) is 6.54 Å². The van der Waals surface area contributed by atoms with E-state index in [2.05, 4.69) is 11.5 Å². The van der Waals surface area contributed by atoms with Crippen LogP contribution in [0.5, 0.6) is 0 Å². The number of hydrogen-bond acceptors (Lipinski definition) is 6. The molecule has 9 heteroatoms. The van der Waals surface area contributed by atoms with Crippen LogP contribution in [0.3, 0.4) is 0 Å². The first-order chi connectivity index (χ1) is 14.4. The summed E-state index contributed by atoms with van der Waals surface area (Å²) in [6.07, 6.45) is 1.74. The van der Waals surface area contributed by atoms with Crippen LogP contribution >= 0.6 is 0 Å². The second kappa shape index (κ2) is 7.59. The van der Waals surface area contributed by atoms with Gasteiger partial charge in [0.25, 0.3) is 5.69 Å². The van der Waals surface area contributed by atoms with E-state index in [9.17, 15) is 23.6 Å². The van der Waals surface area contributed by atoms with Crippen molar-refractivity contribution in [2.75, 3.05) is 26.2 Å². The van der Waals surface area contributed by atoms with Gasteiger partial charge in [-0.05, 0) is 11.6 Å². The molecule has 2 aromatic rings. The normalized spacial score (nSPS) is 23.5. The van der Waals surface area contributed by atoms with E-state index in [1.165, 1.54) is 28.6 Å². The van der Waals surface area contributed by atoms with Crippen LogP contribution in [0.25, 0.3) is 0 Å². The molecule has 0 radical (unpaired) electrons. The number of nitro groups is 1. The van der Waals surface area contributed by atoms with Crippen molar-refractivity contribution in [3.8, 4) is 0 Å². The van der Waals surface area contributed by atoms with E-state index >= 15 is 0 Å². The Morgan fingerprint density at radius 2 is 1.80 bits per heavy atom. The number of nitro benzene ring substituents is 1. The van der Waals surface area contributed by atoms with Crippen LogP contribution in [0.1, 0.15) is 11.5 Å². The van der Waals surface area contributed by atoms with E-state index < -0.39 is 26.2 Å². The lowest BCUT2D eigenvalue weighted by Crippen LogP contribution is -2.84. The number of rotatable bonds is 7. The molecule has 2 aromatic carbocycles. The molecule has 1 N–H and O–H groups in total. The molecular weight excluding hydrogens is 406 g/mol. The van der Waals surface area contributed by atoms with Crippen LogP contribution in [0.15, 0.2) is 72.1 Å². The molecule has 158 valence electrons. The molecule has 0 amide bonds. The third kappa shape index (κ3) is 2.97. The van der Waals surface area contributed by atoms with Crippen molar-refractivity contribution >= 4 is 15.7 Å². The highest BCUT2D eigenvalue weighted by atomic mass is 32.2. The molecule has 0 saturated carbocycles. The molecule has 0 unspecified atom stereocenters. The van der Waals surface area contributed by atoms with Gasteiger partial charge in [0.1, 0.15) is 0 Å². The van der Waals surface area contributed by atoms with Gasteiger partial charge in [0.2, 0.25) is 10.0 Å². The van der Waals surface area contributed by atoms with Gasteiger partial charge in [-0.15, -0.1) is 6.58 Å². The third-order valence-corrected chi connectivity index (χ3v) is 8.03. The minimum absolute atomic E-state index is 0.0409. The lowest BCUT2D eigenvalue weighted by molar-refractivity contribution is -0.387. The molecule has 8 nitrogen and oxygen atoms in total. The number of aliphatic hydroxyl groups is 1. The zero-order chi connectivity index (χ0) is 21.5. The van der Waals surface area contributed by atoms with E-state index in [-0.39, 0.29) is 36.6 Å². The summed E-state index contributed by atoms with van der Waals surface area (Å²) >= 11 is 0. The Hall–Kier alpha value is -2.59. The maximum atomic E-state index is 13.2. The summed E-state index contributed by atoms with van der Waals surface area (Å²) in [7, 11) is -4.02. The smallest absolute Gasteiger partial charge is 0.289 e. The lowest BCUT2D eigenvalue weighted by Gasteiger charge is -2.70. The average molecular weight is 429 g/mol. The Balaban J connectivity index is 1.67. The molecule has 0 bridgehead atoms. The fourth-order valence-corrected chi connectivity index (χ4v) is 6.62. The second-order valence-corrected chi connectivity index (χ2v) is 9.59. The summed E-state index contributed by atoms with van der Waals surface area (Å²) < 4.78 is 27.6. The van der Waals surface area contributed by atoms with Crippen molar-refractivity contribution in [3.63, 3.8) is 0 Å². The van der Waals surface area contributed by atoms with Crippen molar-refractivity contribution in [3.05, 3.63) is 82.9 Å². The maximum absolute atomic E-state index is 13.2. The first-order valence-corrected chi connectivity index (χ1v) is 11.1. The van der Waals surface area contributed by atoms with Crippen LogP contribution in [-0.4, -0.2) is 65.5 Å². The van der Waals surface area contributed by atoms with Gasteiger partial charge >= 0.3 is 0 Å². The van der Waals surface area contributed by atoms with Crippen molar-refractivity contribution in [1.29, 1.82) is 0 Å². The number of nitrogens with zero attached hydrogens (tertiary/aromatic N) is 3. The fourth-order valence-electron chi connectivity index (χ4n) is 4.90. The van der Waals surface area contributed by atoms with Crippen molar-refractivity contribution < 1.29 is 18.4 Å². The Labute approximate surface area is 175 Å². The Bertz CT molecular complexity index is 1070. The van der Waals surface area contributed by atoms with Gasteiger partial charge < -0.3 is 5.11 Å². The summed E-state index contributed by atoms with van der Waals surface area (Å²) in [5, 5.41) is 21.3. The molecule has 0 aliphatic carbocycles. The lowest BCUT2D eigenvalue weighted by atomic mass is 9.61. The SMILES string of the molecule is C=CCN1[C@H](CO)[C@@H](c2ccccc2)C12CN(S(=O)(=O)c1ccccc1[N+](=O)[O-])C2. The fraction of sp³-hybridized carbons (Fsp3) is 0.333. The molecule has 2 fully saturated rings. The molecule has 2 saturated heterocycles. The van der Waals surface area contributed by atoms with Crippen LogP contribution in [-0.2, 0) is 10.0 Å². The Morgan fingerprint density at radius 3 is 2.40 bits per heavy atom. The van der Waals surface area contributed by atoms with Gasteiger partial charge in [-0.3, -0.25) is 15.0 Å². The van der Waals surface area contributed by atoms with Crippen LogP contribution < -0.4 is 0 Å². The minimum atomic E-state index is -4.02. The zero-order valence-corrected chi connectivity index (χ0v) is 17.1. The number of para-hydroxylation sites is 1. The molecule has 0 aromatic heterocycles. The van der Waals surface area contributed by atoms with Crippen LogP contribution in [0, 0.1) is 10.1 Å². The highest BCUT2D eigenvalue weighted by molar-refractivity contribution is 7.89. The van der Waals surface area contributed by atoms with E-state index in [1.807, 2.05) is 30.3 Å². The van der Waals surface area contributed by atoms with Gasteiger partial charge in [0.15, 0.2) is 4.90 Å². The number of sulfonamides is 1. The highest BCUT2D eigenvalue weighted by Gasteiger charge is 2.67. The van der Waals surface area contributed by atoms with Gasteiger partial charge in [0, 0.05) is 37.7 Å². The van der Waals surface area contributed by atoms with Crippen molar-refractivity contribution in [1.82, 2.24) is 9.21 Å². The predicted molar refractivity (Wildman–Crippen MR) is 112 cm³/mol. The van der Waals surface area contributed by atoms with Crippen molar-refractivity contribution in [2.45, 2.75) is 22.4 Å². The quantitative estimate of drug-likeness (QED) is 0.410. The average Bonchev–Trinajstić information content (AvgIpc) is 2.70. The molecular formula is C21H23N3O5S. The molecule has 4 rings (SSSR count). The van der Waals surface area contributed by atoms with Gasteiger partial charge in [-0.2, -0.15) is 4.31 Å². The van der Waals surface area contributed by atoms with Gasteiger partial charge in [0.05, 0.1) is 17.1 Å². The van der Waals surface area contributed by atoms with Gasteiger partial charge in [-0.25, -0.2) is 8.42 Å².